The van der Waals surface area contributed by atoms with Crippen LogP contribution in [0.1, 0.15) is 42.2 Å². The smallest absolute Gasteiger partial charge is 0.337 e. The zero-order chi connectivity index (χ0) is 18.9. The van der Waals surface area contributed by atoms with Crippen LogP contribution in [0.2, 0.25) is 0 Å². The summed E-state index contributed by atoms with van der Waals surface area (Å²) in [6.45, 7) is 3.84. The van der Waals surface area contributed by atoms with Gasteiger partial charge in [0.15, 0.2) is 0 Å². The molecule has 1 unspecified atom stereocenters. The number of ether oxygens (including phenoxy) is 2. The van der Waals surface area contributed by atoms with Crippen LogP contribution in [0.5, 0.6) is 5.75 Å². The van der Waals surface area contributed by atoms with Crippen LogP contribution >= 0.6 is 0 Å². The Morgan fingerprint density at radius 2 is 1.92 bits per heavy atom. The van der Waals surface area contributed by atoms with Gasteiger partial charge >= 0.3 is 5.97 Å². The van der Waals surface area contributed by atoms with Gasteiger partial charge in [-0.1, -0.05) is 24.3 Å². The van der Waals surface area contributed by atoms with Gasteiger partial charge < -0.3 is 9.47 Å². The molecule has 0 fully saturated rings. The fourth-order valence-electron chi connectivity index (χ4n) is 3.07. The molecule has 0 aromatic heterocycles. The van der Waals surface area contributed by atoms with Gasteiger partial charge in [0.25, 0.3) is 0 Å². The van der Waals surface area contributed by atoms with Crippen molar-refractivity contribution in [2.45, 2.75) is 36.8 Å². The first kappa shape index (κ1) is 18.4. The monoisotopic (exact) mass is 375 g/mol. The predicted octanol–water partition coefficient (Wildman–Crippen LogP) is 3.05. The van der Waals surface area contributed by atoms with Crippen LogP contribution in [0.15, 0.2) is 53.4 Å². The molecule has 0 spiro atoms. The van der Waals surface area contributed by atoms with Crippen LogP contribution in [0.3, 0.4) is 0 Å². The van der Waals surface area contributed by atoms with E-state index in [-0.39, 0.29) is 10.5 Å². The van der Waals surface area contributed by atoms with Gasteiger partial charge in [-0.15, -0.1) is 0 Å². The van der Waals surface area contributed by atoms with Gasteiger partial charge in [0, 0.05) is 12.0 Å². The number of fused-ring (bicyclic) bond motifs is 1. The summed E-state index contributed by atoms with van der Waals surface area (Å²) in [5.41, 5.74) is 0.470. The Kier molecular flexibility index (Phi) is 4.77. The topological polar surface area (TPSA) is 81.7 Å². The molecule has 26 heavy (non-hydrogen) atoms. The molecule has 7 heteroatoms. The lowest BCUT2D eigenvalue weighted by Crippen LogP contribution is -2.41. The average Bonchev–Trinajstić information content (AvgIpc) is 2.60. The maximum absolute atomic E-state index is 12.9. The molecule has 0 saturated carbocycles. The Balaban J connectivity index is 1.94. The number of nitrogens with one attached hydrogen (secondary N) is 1. The first-order valence-corrected chi connectivity index (χ1v) is 9.69. The first-order valence-electron chi connectivity index (χ1n) is 8.20. The Labute approximate surface area is 153 Å². The van der Waals surface area contributed by atoms with Crippen molar-refractivity contribution in [3.05, 3.63) is 59.7 Å². The van der Waals surface area contributed by atoms with Gasteiger partial charge in [-0.25, -0.2) is 17.9 Å². The number of benzene rings is 2. The van der Waals surface area contributed by atoms with Gasteiger partial charge in [0.2, 0.25) is 10.0 Å². The Morgan fingerprint density at radius 3 is 2.65 bits per heavy atom. The minimum atomic E-state index is -3.83. The van der Waals surface area contributed by atoms with Gasteiger partial charge in [-0.3, -0.25) is 0 Å². The molecule has 0 amide bonds. The third-order valence-corrected chi connectivity index (χ3v) is 5.71. The summed E-state index contributed by atoms with van der Waals surface area (Å²) < 4.78 is 39.1. The highest BCUT2D eigenvalue weighted by Crippen LogP contribution is 2.39. The summed E-state index contributed by atoms with van der Waals surface area (Å²) in [7, 11) is -2.58. The van der Waals surface area contributed by atoms with E-state index in [1.54, 1.807) is 0 Å². The molecule has 0 saturated heterocycles. The highest BCUT2D eigenvalue weighted by atomic mass is 32.2. The van der Waals surface area contributed by atoms with Crippen molar-refractivity contribution in [2.75, 3.05) is 7.11 Å². The third-order valence-electron chi connectivity index (χ3n) is 4.24. The Morgan fingerprint density at radius 1 is 1.19 bits per heavy atom. The van der Waals surface area contributed by atoms with Crippen molar-refractivity contribution in [2.24, 2.45) is 0 Å². The van der Waals surface area contributed by atoms with Crippen molar-refractivity contribution >= 4 is 16.0 Å². The van der Waals surface area contributed by atoms with Crippen LogP contribution in [0.25, 0.3) is 0 Å². The molecule has 0 aliphatic carbocycles. The lowest BCUT2D eigenvalue weighted by atomic mass is 9.90. The maximum atomic E-state index is 12.9. The van der Waals surface area contributed by atoms with E-state index in [2.05, 4.69) is 9.46 Å². The highest BCUT2D eigenvalue weighted by molar-refractivity contribution is 7.89. The minimum Gasteiger partial charge on any atom is -0.487 e. The van der Waals surface area contributed by atoms with E-state index in [1.807, 2.05) is 38.1 Å². The summed E-state index contributed by atoms with van der Waals surface area (Å²) in [4.78, 5) is 11.7. The number of para-hydroxylation sites is 1. The molecule has 1 aliphatic rings. The normalized spacial score (nSPS) is 18.5. The molecule has 138 valence electrons. The fraction of sp³-hybridized carbons (Fsp3) is 0.316. The number of hydrogen-bond acceptors (Lipinski definition) is 5. The van der Waals surface area contributed by atoms with Crippen molar-refractivity contribution in [3.8, 4) is 5.75 Å². The molecule has 1 aliphatic heterocycles. The van der Waals surface area contributed by atoms with Gasteiger partial charge in [-0.05, 0) is 38.1 Å². The van der Waals surface area contributed by atoms with E-state index < -0.39 is 27.6 Å². The highest BCUT2D eigenvalue weighted by Gasteiger charge is 2.36. The number of hydrogen-bond donors (Lipinski definition) is 1. The molecule has 0 bridgehead atoms. The average molecular weight is 375 g/mol. The number of carbonyl (C=O) groups excluding carboxylic acids is 1. The fourth-order valence-corrected chi connectivity index (χ4v) is 4.33. The van der Waals surface area contributed by atoms with Crippen molar-refractivity contribution in [1.29, 1.82) is 0 Å². The van der Waals surface area contributed by atoms with E-state index in [0.29, 0.717) is 12.2 Å². The molecule has 2 aromatic carbocycles. The number of sulfonamides is 1. The summed E-state index contributed by atoms with van der Waals surface area (Å²) in [5, 5.41) is 0. The Bertz CT molecular complexity index is 936. The van der Waals surface area contributed by atoms with Crippen molar-refractivity contribution in [3.63, 3.8) is 0 Å². The van der Waals surface area contributed by atoms with Crippen LogP contribution in [0.4, 0.5) is 0 Å². The van der Waals surface area contributed by atoms with Crippen LogP contribution < -0.4 is 9.46 Å². The van der Waals surface area contributed by atoms with Crippen molar-refractivity contribution in [1.82, 2.24) is 4.72 Å². The zero-order valence-corrected chi connectivity index (χ0v) is 15.7. The summed E-state index contributed by atoms with van der Waals surface area (Å²) in [6, 6.07) is 12.7. The molecule has 1 heterocycles. The van der Waals surface area contributed by atoms with Gasteiger partial charge in [0.1, 0.15) is 11.4 Å². The molecule has 1 N–H and O–H groups in total. The van der Waals surface area contributed by atoms with E-state index in [4.69, 9.17) is 4.74 Å². The van der Waals surface area contributed by atoms with E-state index in [9.17, 15) is 13.2 Å². The third kappa shape index (κ3) is 3.73. The van der Waals surface area contributed by atoms with Gasteiger partial charge in [0.05, 0.1) is 23.6 Å². The van der Waals surface area contributed by atoms with Crippen molar-refractivity contribution < 1.29 is 22.7 Å². The molecule has 2 aromatic rings. The SMILES string of the molecule is COC(=O)c1cccc(S(=O)(=O)NC2CC(C)(C)Oc3ccccc32)c1. The largest absolute Gasteiger partial charge is 0.487 e. The van der Waals surface area contributed by atoms with E-state index in [1.165, 1.54) is 31.4 Å². The second-order valence-electron chi connectivity index (χ2n) is 6.80. The number of carbonyl (C=O) groups is 1. The van der Waals surface area contributed by atoms with Crippen LogP contribution in [-0.2, 0) is 14.8 Å². The minimum absolute atomic E-state index is 0.0159. The van der Waals surface area contributed by atoms with E-state index in [0.717, 1.165) is 5.56 Å². The molecule has 3 rings (SSSR count). The standard InChI is InChI=1S/C19H21NO5S/c1-19(2)12-16(15-9-4-5-10-17(15)25-19)20-26(22,23)14-8-6-7-13(11-14)18(21)24-3/h4-11,16,20H,12H2,1-3H3. The second kappa shape index (κ2) is 6.74. The number of rotatable bonds is 4. The molecule has 6 nitrogen and oxygen atoms in total. The quantitative estimate of drug-likeness (QED) is 0.831. The Hall–Kier alpha value is -2.38. The lowest BCUT2D eigenvalue weighted by molar-refractivity contribution is 0.0600. The van der Waals surface area contributed by atoms with Crippen LogP contribution in [-0.4, -0.2) is 27.1 Å². The summed E-state index contributed by atoms with van der Waals surface area (Å²) in [6.07, 6.45) is 0.486. The number of esters is 1. The second-order valence-corrected chi connectivity index (χ2v) is 8.51. The zero-order valence-electron chi connectivity index (χ0n) is 14.9. The molecule has 1 atom stereocenters. The van der Waals surface area contributed by atoms with Crippen LogP contribution in [0, 0.1) is 0 Å². The molecular weight excluding hydrogens is 354 g/mol. The maximum Gasteiger partial charge on any atom is 0.337 e. The number of methoxy groups -OCH3 is 1. The molecular formula is C19H21NO5S. The van der Waals surface area contributed by atoms with E-state index >= 15 is 0 Å². The predicted molar refractivity (Wildman–Crippen MR) is 96.6 cm³/mol. The molecule has 0 radical (unpaired) electrons. The first-order chi connectivity index (χ1) is 12.2. The lowest BCUT2D eigenvalue weighted by Gasteiger charge is -2.37. The summed E-state index contributed by atoms with van der Waals surface area (Å²) >= 11 is 0. The van der Waals surface area contributed by atoms with Gasteiger partial charge in [-0.2, -0.15) is 0 Å². The summed E-state index contributed by atoms with van der Waals surface area (Å²) in [5.74, 6) is 0.0827.